The number of hydrogen-bond acceptors (Lipinski definition) is 9. The Morgan fingerprint density at radius 2 is 1.77 bits per heavy atom. The predicted molar refractivity (Wildman–Crippen MR) is 123 cm³/mol. The second kappa shape index (κ2) is 8.92. The van der Waals surface area contributed by atoms with Gasteiger partial charge in [0.2, 0.25) is 0 Å². The van der Waals surface area contributed by atoms with Gasteiger partial charge in [-0.2, -0.15) is 0 Å². The van der Waals surface area contributed by atoms with Crippen LogP contribution in [0.25, 0.3) is 10.9 Å². The molecule has 0 spiro atoms. The highest BCUT2D eigenvalue weighted by Crippen LogP contribution is 2.30. The first-order valence-corrected chi connectivity index (χ1v) is 12.0. The van der Waals surface area contributed by atoms with Gasteiger partial charge in [0.25, 0.3) is 0 Å². The predicted octanol–water partition coefficient (Wildman–Crippen LogP) is 3.07. The maximum absolute atomic E-state index is 5.54. The number of nitrogens with zero attached hydrogens (tertiary/aromatic N) is 7. The van der Waals surface area contributed by atoms with Gasteiger partial charge in [0.05, 0.1) is 17.4 Å². The summed E-state index contributed by atoms with van der Waals surface area (Å²) in [4.78, 5) is 27.9. The number of aryl methyl sites for hydroxylation is 1. The maximum atomic E-state index is 5.54. The lowest BCUT2D eigenvalue weighted by Crippen LogP contribution is -2.47. The van der Waals surface area contributed by atoms with Crippen LogP contribution in [0.2, 0.25) is 0 Å². The molecule has 0 saturated carbocycles. The van der Waals surface area contributed by atoms with Crippen LogP contribution in [0.1, 0.15) is 30.3 Å². The van der Waals surface area contributed by atoms with Gasteiger partial charge < -0.3 is 14.5 Å². The Kier molecular flexibility index (Phi) is 5.87. The van der Waals surface area contributed by atoms with Gasteiger partial charge in [-0.3, -0.25) is 4.98 Å². The van der Waals surface area contributed by atoms with Gasteiger partial charge >= 0.3 is 0 Å². The van der Waals surface area contributed by atoms with Crippen molar-refractivity contribution in [1.82, 2.24) is 24.9 Å². The van der Waals surface area contributed by atoms with Crippen molar-refractivity contribution in [3.63, 3.8) is 0 Å². The molecule has 2 aliphatic rings. The summed E-state index contributed by atoms with van der Waals surface area (Å²) in [6.45, 7) is 7.15. The summed E-state index contributed by atoms with van der Waals surface area (Å²) >= 11 is 1.61. The molecular formula is C22H27N7OS. The fraction of sp³-hybridized carbons (Fsp3) is 0.500. The quantitative estimate of drug-likeness (QED) is 0.452. The van der Waals surface area contributed by atoms with Crippen LogP contribution < -0.4 is 9.80 Å². The number of anilines is 2. The molecule has 0 radical (unpaired) electrons. The summed E-state index contributed by atoms with van der Waals surface area (Å²) in [6, 6.07) is 4.20. The number of ether oxygens (including phenoxy) is 1. The van der Waals surface area contributed by atoms with Gasteiger partial charge in [-0.05, 0) is 32.1 Å². The lowest BCUT2D eigenvalue weighted by molar-refractivity contribution is 0.0843. The molecule has 0 atom stereocenters. The second-order valence-electron chi connectivity index (χ2n) is 7.99. The third-order valence-electron chi connectivity index (χ3n) is 6.03. The van der Waals surface area contributed by atoms with Crippen LogP contribution in [0.15, 0.2) is 29.7 Å². The number of fused-ring (bicyclic) bond motifs is 1. The molecule has 5 heterocycles. The van der Waals surface area contributed by atoms with Gasteiger partial charge in [-0.25, -0.2) is 19.9 Å². The number of piperazine rings is 1. The molecular weight excluding hydrogens is 410 g/mol. The van der Waals surface area contributed by atoms with Crippen molar-refractivity contribution in [3.05, 3.63) is 36.0 Å². The maximum Gasteiger partial charge on any atom is 0.189 e. The monoisotopic (exact) mass is 437 g/mol. The number of rotatable bonds is 4. The minimum Gasteiger partial charge on any atom is -0.381 e. The van der Waals surface area contributed by atoms with Crippen molar-refractivity contribution >= 4 is 34.3 Å². The number of aromatic nitrogens is 5. The van der Waals surface area contributed by atoms with Crippen LogP contribution in [0, 0.1) is 6.92 Å². The van der Waals surface area contributed by atoms with Crippen molar-refractivity contribution in [1.29, 1.82) is 0 Å². The molecule has 0 amide bonds. The molecule has 0 unspecified atom stereocenters. The lowest BCUT2D eigenvalue weighted by atomic mass is 9.96. The van der Waals surface area contributed by atoms with E-state index in [9.17, 15) is 0 Å². The smallest absolute Gasteiger partial charge is 0.189 e. The fourth-order valence-corrected chi connectivity index (χ4v) is 4.73. The average molecular weight is 438 g/mol. The van der Waals surface area contributed by atoms with Crippen molar-refractivity contribution < 1.29 is 4.74 Å². The Morgan fingerprint density at radius 3 is 2.55 bits per heavy atom. The lowest BCUT2D eigenvalue weighted by Gasteiger charge is -2.36. The zero-order chi connectivity index (χ0) is 21.2. The first-order valence-electron chi connectivity index (χ1n) is 10.8. The van der Waals surface area contributed by atoms with Gasteiger partial charge in [-0.15, -0.1) is 0 Å². The summed E-state index contributed by atoms with van der Waals surface area (Å²) in [5.74, 6) is 3.28. The third kappa shape index (κ3) is 4.29. The van der Waals surface area contributed by atoms with E-state index in [1.54, 1.807) is 11.8 Å². The molecule has 0 N–H and O–H groups in total. The van der Waals surface area contributed by atoms with Crippen LogP contribution >= 0.6 is 11.8 Å². The van der Waals surface area contributed by atoms with Crippen LogP contribution in [0.4, 0.5) is 11.6 Å². The second-order valence-corrected chi connectivity index (χ2v) is 8.76. The van der Waals surface area contributed by atoms with Gasteiger partial charge in [0.1, 0.15) is 17.5 Å². The highest BCUT2D eigenvalue weighted by Gasteiger charge is 2.24. The Labute approximate surface area is 186 Å². The molecule has 2 fully saturated rings. The average Bonchev–Trinajstić information content (AvgIpc) is 2.84. The largest absolute Gasteiger partial charge is 0.381 e. The van der Waals surface area contributed by atoms with Crippen molar-refractivity contribution in [2.75, 3.05) is 55.4 Å². The van der Waals surface area contributed by atoms with Crippen LogP contribution in [0.5, 0.6) is 0 Å². The van der Waals surface area contributed by atoms with Crippen LogP contribution in [-0.4, -0.2) is 70.6 Å². The highest BCUT2D eigenvalue weighted by atomic mass is 32.2. The molecule has 0 bridgehead atoms. The summed E-state index contributed by atoms with van der Waals surface area (Å²) in [7, 11) is 0. The van der Waals surface area contributed by atoms with E-state index in [4.69, 9.17) is 19.7 Å². The van der Waals surface area contributed by atoms with Gasteiger partial charge in [0, 0.05) is 63.0 Å². The molecule has 9 heteroatoms. The Morgan fingerprint density at radius 1 is 1.00 bits per heavy atom. The number of thioether (sulfide) groups is 1. The van der Waals surface area contributed by atoms with Crippen molar-refractivity contribution in [2.45, 2.75) is 30.8 Å². The van der Waals surface area contributed by atoms with E-state index in [-0.39, 0.29) is 0 Å². The van der Waals surface area contributed by atoms with E-state index in [2.05, 4.69) is 25.8 Å². The molecule has 2 saturated heterocycles. The van der Waals surface area contributed by atoms with Gasteiger partial charge in [-0.1, -0.05) is 11.8 Å². The van der Waals surface area contributed by atoms with Crippen LogP contribution in [0.3, 0.4) is 0 Å². The number of pyridine rings is 1. The molecule has 162 valence electrons. The molecule has 2 aliphatic heterocycles. The van der Waals surface area contributed by atoms with E-state index in [1.807, 2.05) is 31.6 Å². The minimum absolute atomic E-state index is 0.464. The molecule has 31 heavy (non-hydrogen) atoms. The third-order valence-corrected chi connectivity index (χ3v) is 6.58. The molecule has 8 nitrogen and oxygen atoms in total. The van der Waals surface area contributed by atoms with Crippen LogP contribution in [-0.2, 0) is 4.74 Å². The van der Waals surface area contributed by atoms with Crippen molar-refractivity contribution in [3.8, 4) is 0 Å². The Bertz CT molecular complexity index is 1060. The first-order chi connectivity index (χ1) is 15.2. The molecule has 0 aliphatic carbocycles. The standard InChI is InChI=1S/C22H27N7OS/c1-15-24-19-14-23-6-3-17(19)21(25-15)29-9-7-28(8-10-29)20-13-18(26-22(27-20)31-2)16-4-11-30-12-5-16/h3,6,13-14,16H,4-5,7-12H2,1-2H3. The zero-order valence-electron chi connectivity index (χ0n) is 18.0. The summed E-state index contributed by atoms with van der Waals surface area (Å²) < 4.78 is 5.54. The Balaban J connectivity index is 1.36. The molecule has 3 aromatic heterocycles. The zero-order valence-corrected chi connectivity index (χ0v) is 18.8. The van der Waals surface area contributed by atoms with E-state index in [0.29, 0.717) is 5.92 Å². The fourth-order valence-electron chi connectivity index (χ4n) is 4.35. The highest BCUT2D eigenvalue weighted by molar-refractivity contribution is 7.98. The van der Waals surface area contributed by atoms with E-state index >= 15 is 0 Å². The first kappa shape index (κ1) is 20.4. The summed E-state index contributed by atoms with van der Waals surface area (Å²) in [5.41, 5.74) is 2.05. The normalized spacial score (nSPS) is 18.0. The topological polar surface area (TPSA) is 80.2 Å². The molecule has 5 rings (SSSR count). The molecule has 0 aromatic carbocycles. The summed E-state index contributed by atoms with van der Waals surface area (Å²) in [6.07, 6.45) is 7.73. The van der Waals surface area contributed by atoms with E-state index in [1.165, 1.54) is 0 Å². The van der Waals surface area contributed by atoms with Gasteiger partial charge in [0.15, 0.2) is 5.16 Å². The summed E-state index contributed by atoms with van der Waals surface area (Å²) in [5, 5.41) is 1.91. The Hall–Kier alpha value is -2.52. The molecule has 3 aromatic rings. The SMILES string of the molecule is CSc1nc(C2CCOCC2)cc(N2CCN(c3nc(C)nc4cnccc34)CC2)n1. The van der Waals surface area contributed by atoms with E-state index < -0.39 is 0 Å². The number of hydrogen-bond donors (Lipinski definition) is 0. The van der Waals surface area contributed by atoms with E-state index in [0.717, 1.165) is 91.4 Å². The minimum atomic E-state index is 0.464. The van der Waals surface area contributed by atoms with Crippen molar-refractivity contribution in [2.24, 2.45) is 0 Å².